The van der Waals surface area contributed by atoms with E-state index in [-0.39, 0.29) is 5.91 Å². The molecule has 0 fully saturated rings. The van der Waals surface area contributed by atoms with Crippen molar-refractivity contribution in [1.29, 1.82) is 0 Å². The molecule has 0 aliphatic rings. The zero-order valence-electron chi connectivity index (χ0n) is 12.6. The van der Waals surface area contributed by atoms with Crippen LogP contribution in [0.3, 0.4) is 0 Å². The van der Waals surface area contributed by atoms with Crippen LogP contribution in [0.25, 0.3) is 11.0 Å². The number of nitrogens with one attached hydrogen (secondary N) is 1. The van der Waals surface area contributed by atoms with E-state index in [9.17, 15) is 4.79 Å². The van der Waals surface area contributed by atoms with Gasteiger partial charge in [0.1, 0.15) is 5.65 Å². The van der Waals surface area contributed by atoms with Crippen molar-refractivity contribution in [3.63, 3.8) is 0 Å². The minimum Gasteiger partial charge on any atom is -0.352 e. The maximum atomic E-state index is 12.1. The number of amides is 1. The summed E-state index contributed by atoms with van der Waals surface area (Å²) in [5.74, 6) is -0.00594. The van der Waals surface area contributed by atoms with Crippen molar-refractivity contribution >= 4 is 16.9 Å². The first-order valence-corrected chi connectivity index (χ1v) is 7.49. The Kier molecular flexibility index (Phi) is 4.19. The maximum Gasteiger partial charge on any atom is 0.251 e. The van der Waals surface area contributed by atoms with Crippen molar-refractivity contribution in [1.82, 2.24) is 14.9 Å². The van der Waals surface area contributed by atoms with Gasteiger partial charge in [-0.15, -0.1) is 0 Å². The number of rotatable bonds is 5. The van der Waals surface area contributed by atoms with Gasteiger partial charge >= 0.3 is 0 Å². The SMILES string of the molecule is Cc1ccccc1C(=O)NCCCn1ccc2cccnc21. The van der Waals surface area contributed by atoms with Crippen molar-refractivity contribution in [2.45, 2.75) is 19.9 Å². The third kappa shape index (κ3) is 3.01. The van der Waals surface area contributed by atoms with Crippen LogP contribution in [0.5, 0.6) is 0 Å². The number of pyridine rings is 1. The molecule has 1 amide bonds. The van der Waals surface area contributed by atoms with Crippen molar-refractivity contribution in [3.8, 4) is 0 Å². The Morgan fingerprint density at radius 3 is 2.91 bits per heavy atom. The molecule has 4 heteroatoms. The summed E-state index contributed by atoms with van der Waals surface area (Å²) in [5, 5.41) is 4.12. The van der Waals surface area contributed by atoms with E-state index >= 15 is 0 Å². The Balaban J connectivity index is 1.54. The van der Waals surface area contributed by atoms with Crippen LogP contribution in [0.15, 0.2) is 54.9 Å². The molecular formula is C18H19N3O. The molecule has 2 heterocycles. The average molecular weight is 293 g/mol. The average Bonchev–Trinajstić information content (AvgIpc) is 2.95. The Morgan fingerprint density at radius 1 is 1.18 bits per heavy atom. The molecule has 0 aliphatic carbocycles. The molecule has 0 aliphatic heterocycles. The van der Waals surface area contributed by atoms with Crippen molar-refractivity contribution < 1.29 is 4.79 Å². The van der Waals surface area contributed by atoms with E-state index in [1.807, 2.05) is 43.5 Å². The van der Waals surface area contributed by atoms with Gasteiger partial charge in [-0.2, -0.15) is 0 Å². The van der Waals surface area contributed by atoms with Crippen LogP contribution < -0.4 is 5.32 Å². The second-order valence-electron chi connectivity index (χ2n) is 5.35. The summed E-state index contributed by atoms with van der Waals surface area (Å²) in [6, 6.07) is 13.7. The third-order valence-corrected chi connectivity index (χ3v) is 3.77. The predicted octanol–water partition coefficient (Wildman–Crippen LogP) is 3.16. The molecule has 0 unspecified atom stereocenters. The van der Waals surface area contributed by atoms with Gasteiger partial charge in [-0.05, 0) is 43.2 Å². The van der Waals surface area contributed by atoms with Gasteiger partial charge in [-0.3, -0.25) is 4.79 Å². The number of aryl methyl sites for hydroxylation is 2. The first-order valence-electron chi connectivity index (χ1n) is 7.49. The fourth-order valence-corrected chi connectivity index (χ4v) is 2.58. The number of nitrogens with zero attached hydrogens (tertiary/aromatic N) is 2. The summed E-state index contributed by atoms with van der Waals surface area (Å²) >= 11 is 0. The van der Waals surface area contributed by atoms with Gasteiger partial charge in [-0.25, -0.2) is 4.98 Å². The topological polar surface area (TPSA) is 46.9 Å². The highest BCUT2D eigenvalue weighted by Gasteiger charge is 2.07. The lowest BCUT2D eigenvalue weighted by Crippen LogP contribution is -2.25. The fourth-order valence-electron chi connectivity index (χ4n) is 2.58. The predicted molar refractivity (Wildman–Crippen MR) is 87.9 cm³/mol. The van der Waals surface area contributed by atoms with Gasteiger partial charge in [-0.1, -0.05) is 18.2 Å². The molecule has 0 radical (unpaired) electrons. The van der Waals surface area contributed by atoms with Gasteiger partial charge in [0, 0.05) is 36.4 Å². The van der Waals surface area contributed by atoms with Crippen LogP contribution in [-0.2, 0) is 6.54 Å². The van der Waals surface area contributed by atoms with E-state index in [0.717, 1.165) is 35.1 Å². The van der Waals surface area contributed by atoms with Crippen molar-refractivity contribution in [3.05, 3.63) is 66.0 Å². The molecule has 3 aromatic rings. The number of carbonyl (C=O) groups is 1. The van der Waals surface area contributed by atoms with Crippen LogP contribution in [0.2, 0.25) is 0 Å². The highest BCUT2D eigenvalue weighted by Crippen LogP contribution is 2.12. The highest BCUT2D eigenvalue weighted by molar-refractivity contribution is 5.95. The number of hydrogen-bond donors (Lipinski definition) is 1. The molecule has 0 bridgehead atoms. The Bertz CT molecular complexity index is 792. The second-order valence-corrected chi connectivity index (χ2v) is 5.35. The second kappa shape index (κ2) is 6.43. The van der Waals surface area contributed by atoms with Crippen molar-refractivity contribution in [2.24, 2.45) is 0 Å². The van der Waals surface area contributed by atoms with E-state index in [2.05, 4.69) is 27.0 Å². The molecule has 1 N–H and O–H groups in total. The minimum absolute atomic E-state index is 0.00594. The lowest BCUT2D eigenvalue weighted by atomic mass is 10.1. The van der Waals surface area contributed by atoms with Crippen LogP contribution in [-0.4, -0.2) is 22.0 Å². The number of benzene rings is 1. The number of carbonyl (C=O) groups excluding carboxylic acids is 1. The lowest BCUT2D eigenvalue weighted by Gasteiger charge is -2.08. The van der Waals surface area contributed by atoms with E-state index in [1.165, 1.54) is 0 Å². The molecule has 1 aromatic carbocycles. The normalized spacial score (nSPS) is 10.8. The largest absolute Gasteiger partial charge is 0.352 e. The zero-order valence-corrected chi connectivity index (χ0v) is 12.6. The molecule has 0 saturated heterocycles. The maximum absolute atomic E-state index is 12.1. The summed E-state index contributed by atoms with van der Waals surface area (Å²) in [4.78, 5) is 16.5. The van der Waals surface area contributed by atoms with Gasteiger partial charge in [0.05, 0.1) is 0 Å². The quantitative estimate of drug-likeness (QED) is 0.734. The van der Waals surface area contributed by atoms with E-state index in [1.54, 1.807) is 6.20 Å². The molecule has 22 heavy (non-hydrogen) atoms. The minimum atomic E-state index is -0.00594. The molecule has 2 aromatic heterocycles. The molecule has 4 nitrogen and oxygen atoms in total. The lowest BCUT2D eigenvalue weighted by molar-refractivity contribution is 0.0952. The number of fused-ring (bicyclic) bond motifs is 1. The highest BCUT2D eigenvalue weighted by atomic mass is 16.1. The van der Waals surface area contributed by atoms with Crippen LogP contribution in [0, 0.1) is 6.92 Å². The summed E-state index contributed by atoms with van der Waals surface area (Å²) in [5.41, 5.74) is 2.74. The summed E-state index contributed by atoms with van der Waals surface area (Å²) in [7, 11) is 0. The third-order valence-electron chi connectivity index (χ3n) is 3.77. The molecule has 0 saturated carbocycles. The van der Waals surface area contributed by atoms with Gasteiger partial charge in [0.25, 0.3) is 5.91 Å². The summed E-state index contributed by atoms with van der Waals surface area (Å²) in [6.07, 6.45) is 4.72. The monoisotopic (exact) mass is 293 g/mol. The van der Waals surface area contributed by atoms with E-state index < -0.39 is 0 Å². The smallest absolute Gasteiger partial charge is 0.251 e. The first kappa shape index (κ1) is 14.3. The van der Waals surface area contributed by atoms with Gasteiger partial charge < -0.3 is 9.88 Å². The zero-order chi connectivity index (χ0) is 15.4. The molecule has 3 rings (SSSR count). The van der Waals surface area contributed by atoms with Crippen molar-refractivity contribution in [2.75, 3.05) is 6.54 Å². The van der Waals surface area contributed by atoms with Crippen LogP contribution in [0.1, 0.15) is 22.3 Å². The van der Waals surface area contributed by atoms with E-state index in [4.69, 9.17) is 0 Å². The standard InChI is InChI=1S/C18H19N3O/c1-14-6-2-3-8-16(14)18(22)20-11-5-12-21-13-9-15-7-4-10-19-17(15)21/h2-4,6-10,13H,5,11-12H2,1H3,(H,20,22). The number of aromatic nitrogens is 2. The number of hydrogen-bond acceptors (Lipinski definition) is 2. The molecule has 0 atom stereocenters. The van der Waals surface area contributed by atoms with Gasteiger partial charge in [0.15, 0.2) is 0 Å². The molecule has 112 valence electrons. The van der Waals surface area contributed by atoms with E-state index in [0.29, 0.717) is 6.54 Å². The first-order chi connectivity index (χ1) is 10.8. The molecular weight excluding hydrogens is 274 g/mol. The summed E-state index contributed by atoms with van der Waals surface area (Å²) < 4.78 is 2.12. The van der Waals surface area contributed by atoms with Crippen LogP contribution in [0.4, 0.5) is 0 Å². The Morgan fingerprint density at radius 2 is 2.05 bits per heavy atom. The Hall–Kier alpha value is -2.62. The van der Waals surface area contributed by atoms with Crippen LogP contribution >= 0.6 is 0 Å². The Labute approximate surface area is 129 Å². The molecule has 0 spiro atoms. The van der Waals surface area contributed by atoms with Gasteiger partial charge in [0.2, 0.25) is 0 Å². The summed E-state index contributed by atoms with van der Waals surface area (Å²) in [6.45, 7) is 3.45. The fraction of sp³-hybridized carbons (Fsp3) is 0.222.